The van der Waals surface area contributed by atoms with E-state index in [0.717, 1.165) is 11.5 Å². The summed E-state index contributed by atoms with van der Waals surface area (Å²) in [5.41, 5.74) is 0.928. The first-order valence-electron chi connectivity index (χ1n) is 5.47. The zero-order valence-corrected chi connectivity index (χ0v) is 11.5. The van der Waals surface area contributed by atoms with Gasteiger partial charge in [-0.2, -0.15) is 0 Å². The van der Waals surface area contributed by atoms with E-state index in [4.69, 9.17) is 4.74 Å². The van der Waals surface area contributed by atoms with Gasteiger partial charge in [0.1, 0.15) is 0 Å². The van der Waals surface area contributed by atoms with Gasteiger partial charge in [0, 0.05) is 11.5 Å². The maximum absolute atomic E-state index is 11.8. The van der Waals surface area contributed by atoms with Gasteiger partial charge in [0.05, 0.1) is 9.84 Å². The second-order valence-corrected chi connectivity index (χ2v) is 5.50. The molecule has 0 heterocycles. The maximum Gasteiger partial charge on any atom is 1.00 e. The van der Waals surface area contributed by atoms with Gasteiger partial charge >= 0.3 is 18.9 Å². The first-order chi connectivity index (χ1) is 8.68. The van der Waals surface area contributed by atoms with E-state index in [-0.39, 0.29) is 30.4 Å². The minimum atomic E-state index is -3.48. The molecule has 0 unspecified atom stereocenters. The molecule has 0 spiro atoms. The predicted octanol–water partition coefficient (Wildman–Crippen LogP) is -0.200. The van der Waals surface area contributed by atoms with Crippen LogP contribution in [0.1, 0.15) is 5.56 Å². The number of sulfone groups is 1. The van der Waals surface area contributed by atoms with Crippen LogP contribution in [0.2, 0.25) is 0 Å². The molecule has 94 valence electrons. The van der Waals surface area contributed by atoms with Crippen molar-refractivity contribution in [3.8, 4) is 0 Å². The standard InChI is InChI=1S/C14H13O3S.Li/c15-18(16,14-9-5-2-6-10-14)12-17-11-13-7-3-1-4-8-13;/h1-10,12H,11H2;/q-1;+1. The van der Waals surface area contributed by atoms with E-state index in [9.17, 15) is 8.42 Å². The normalized spacial score (nSPS) is 10.7. The number of rotatable bonds is 5. The number of hydrogen-bond donors (Lipinski definition) is 0. The largest absolute Gasteiger partial charge is 1.00 e. The zero-order chi connectivity index (χ0) is 12.8. The molecule has 2 aromatic carbocycles. The van der Waals surface area contributed by atoms with Crippen LogP contribution in [0.5, 0.6) is 0 Å². The Morgan fingerprint density at radius 3 is 2.00 bits per heavy atom. The van der Waals surface area contributed by atoms with Crippen LogP contribution in [0.15, 0.2) is 65.6 Å². The van der Waals surface area contributed by atoms with E-state index in [1.807, 2.05) is 30.3 Å². The van der Waals surface area contributed by atoms with E-state index in [0.29, 0.717) is 0 Å². The van der Waals surface area contributed by atoms with Gasteiger partial charge < -0.3 is 4.74 Å². The van der Waals surface area contributed by atoms with Crippen molar-refractivity contribution in [3.63, 3.8) is 0 Å². The fourth-order valence-corrected chi connectivity index (χ4v) is 2.35. The Labute approximate surface area is 125 Å². The van der Waals surface area contributed by atoms with Crippen LogP contribution in [0.3, 0.4) is 0 Å². The Bertz CT molecular complexity index is 583. The molecule has 0 aromatic heterocycles. The number of hydrogen-bond acceptors (Lipinski definition) is 3. The summed E-state index contributed by atoms with van der Waals surface area (Å²) >= 11 is 0. The van der Waals surface area contributed by atoms with Gasteiger partial charge in [-0.1, -0.05) is 54.5 Å². The number of ether oxygens (including phenoxy) is 1. The van der Waals surface area contributed by atoms with Crippen molar-refractivity contribution in [2.75, 3.05) is 0 Å². The van der Waals surface area contributed by atoms with Gasteiger partial charge in [0.25, 0.3) is 0 Å². The molecular formula is C14H13LiO3S. The van der Waals surface area contributed by atoms with Crippen LogP contribution in [0, 0.1) is 5.94 Å². The molecule has 3 nitrogen and oxygen atoms in total. The van der Waals surface area contributed by atoms with E-state index in [1.165, 1.54) is 12.1 Å². The Morgan fingerprint density at radius 2 is 1.42 bits per heavy atom. The summed E-state index contributed by atoms with van der Waals surface area (Å²) in [6, 6.07) is 17.6. The molecule has 0 aliphatic rings. The minimum absolute atomic E-state index is 0. The third-order valence-corrected chi connectivity index (χ3v) is 3.68. The zero-order valence-electron chi connectivity index (χ0n) is 10.7. The van der Waals surface area contributed by atoms with Crippen molar-refractivity contribution in [1.82, 2.24) is 0 Å². The average Bonchev–Trinajstić information content (AvgIpc) is 2.41. The maximum atomic E-state index is 11.8. The summed E-state index contributed by atoms with van der Waals surface area (Å²) in [6.45, 7) is 0.243. The molecule has 0 fully saturated rings. The second-order valence-electron chi connectivity index (χ2n) is 3.75. The monoisotopic (exact) mass is 268 g/mol. The molecule has 0 aliphatic heterocycles. The molecule has 0 atom stereocenters. The van der Waals surface area contributed by atoms with Crippen LogP contribution in [-0.2, 0) is 21.2 Å². The van der Waals surface area contributed by atoms with Crippen LogP contribution in [-0.4, -0.2) is 8.42 Å². The van der Waals surface area contributed by atoms with Crippen molar-refractivity contribution in [2.24, 2.45) is 0 Å². The van der Waals surface area contributed by atoms with E-state index < -0.39 is 9.84 Å². The van der Waals surface area contributed by atoms with Gasteiger partial charge in [-0.15, -0.1) is 0 Å². The SMILES string of the molecule is O=S(=O)([CH-]OCc1ccccc1)c1ccccc1.[Li+]. The van der Waals surface area contributed by atoms with Gasteiger partial charge in [0.15, 0.2) is 0 Å². The third kappa shape index (κ3) is 4.85. The van der Waals surface area contributed by atoms with Crippen molar-refractivity contribution >= 4 is 9.84 Å². The topological polar surface area (TPSA) is 43.4 Å². The molecule has 5 heteroatoms. The summed E-state index contributed by atoms with van der Waals surface area (Å²) in [5, 5.41) is 0. The average molecular weight is 268 g/mol. The van der Waals surface area contributed by atoms with Crippen LogP contribution in [0.4, 0.5) is 0 Å². The summed E-state index contributed by atoms with van der Waals surface area (Å²) in [7, 11) is -3.48. The van der Waals surface area contributed by atoms with E-state index >= 15 is 0 Å². The van der Waals surface area contributed by atoms with Crippen molar-refractivity contribution in [2.45, 2.75) is 11.5 Å². The number of benzene rings is 2. The molecule has 19 heavy (non-hydrogen) atoms. The van der Waals surface area contributed by atoms with Gasteiger partial charge in [-0.3, -0.25) is 8.42 Å². The fraction of sp³-hybridized carbons (Fsp3) is 0.0714. The molecule has 0 saturated heterocycles. The predicted molar refractivity (Wildman–Crippen MR) is 69.2 cm³/mol. The van der Waals surface area contributed by atoms with E-state index in [2.05, 4.69) is 0 Å². The van der Waals surface area contributed by atoms with Crippen LogP contribution in [0.25, 0.3) is 0 Å². The molecular weight excluding hydrogens is 255 g/mol. The molecule has 0 aliphatic carbocycles. The molecule has 0 N–H and O–H groups in total. The Hall–Kier alpha value is -1.05. The Kier molecular flexibility index (Phi) is 6.33. The summed E-state index contributed by atoms with van der Waals surface area (Å²) in [6.07, 6.45) is 0. The molecule has 0 saturated carbocycles. The summed E-state index contributed by atoms with van der Waals surface area (Å²) in [5.74, 6) is 0.898. The van der Waals surface area contributed by atoms with Crippen molar-refractivity contribution in [3.05, 3.63) is 72.2 Å². The van der Waals surface area contributed by atoms with E-state index in [1.54, 1.807) is 18.2 Å². The molecule has 2 rings (SSSR count). The van der Waals surface area contributed by atoms with Crippen molar-refractivity contribution in [1.29, 1.82) is 0 Å². The van der Waals surface area contributed by atoms with Gasteiger partial charge in [0.2, 0.25) is 0 Å². The van der Waals surface area contributed by atoms with Crippen LogP contribution >= 0.6 is 0 Å². The Balaban J connectivity index is 0.00000180. The fourth-order valence-electron chi connectivity index (χ4n) is 1.46. The first kappa shape index (κ1) is 16.0. The molecule has 2 aromatic rings. The summed E-state index contributed by atoms with van der Waals surface area (Å²) < 4.78 is 28.8. The Morgan fingerprint density at radius 1 is 0.895 bits per heavy atom. The third-order valence-electron chi connectivity index (χ3n) is 2.36. The molecule has 0 bridgehead atoms. The second kappa shape index (κ2) is 7.52. The smallest absolute Gasteiger partial charge is 0.533 e. The molecule has 0 amide bonds. The van der Waals surface area contributed by atoms with Crippen LogP contribution < -0.4 is 18.9 Å². The summed E-state index contributed by atoms with van der Waals surface area (Å²) in [4.78, 5) is 0.234. The first-order valence-corrected chi connectivity index (χ1v) is 7.02. The quantitative estimate of drug-likeness (QED) is 0.557. The minimum Gasteiger partial charge on any atom is -0.533 e. The van der Waals surface area contributed by atoms with Gasteiger partial charge in [-0.25, -0.2) is 0 Å². The van der Waals surface area contributed by atoms with Gasteiger partial charge in [-0.05, 0) is 17.7 Å². The van der Waals surface area contributed by atoms with Crippen molar-refractivity contribution < 1.29 is 32.0 Å². The molecule has 0 radical (unpaired) electrons.